The summed E-state index contributed by atoms with van der Waals surface area (Å²) < 4.78 is 12.4. The van der Waals surface area contributed by atoms with E-state index in [1.54, 1.807) is 0 Å². The molecule has 2 nitrogen and oxygen atoms in total. The summed E-state index contributed by atoms with van der Waals surface area (Å²) in [4.78, 5) is 0. The minimum Gasteiger partial charge on any atom is -0.399 e. The molecule has 0 saturated carbocycles. The monoisotopic (exact) mass is 420 g/mol. The van der Waals surface area contributed by atoms with Crippen molar-refractivity contribution >= 4 is 46.3 Å². The van der Waals surface area contributed by atoms with Crippen molar-refractivity contribution in [3.8, 4) is 0 Å². The SMILES string of the molecule is CC1(C)OB(c2ccc(P(=S)(c3ccccc3)c3ccccc3)cc2)OC1(C)C. The highest BCUT2D eigenvalue weighted by molar-refractivity contribution is 8.25. The van der Waals surface area contributed by atoms with Gasteiger partial charge in [-0.2, -0.15) is 0 Å². The second-order valence-corrected chi connectivity index (χ2v) is 12.9. The van der Waals surface area contributed by atoms with Crippen LogP contribution in [0.25, 0.3) is 0 Å². The van der Waals surface area contributed by atoms with Gasteiger partial charge in [0, 0.05) is 6.04 Å². The van der Waals surface area contributed by atoms with Gasteiger partial charge < -0.3 is 9.31 Å². The van der Waals surface area contributed by atoms with Gasteiger partial charge in [0.25, 0.3) is 0 Å². The van der Waals surface area contributed by atoms with Gasteiger partial charge in [0.15, 0.2) is 0 Å². The highest BCUT2D eigenvalue weighted by atomic mass is 32.4. The molecule has 0 unspecified atom stereocenters. The van der Waals surface area contributed by atoms with Crippen molar-refractivity contribution in [3.05, 3.63) is 84.9 Å². The highest BCUT2D eigenvalue weighted by Crippen LogP contribution is 2.42. The van der Waals surface area contributed by atoms with Crippen LogP contribution < -0.4 is 21.4 Å². The Morgan fingerprint density at radius 2 is 1.00 bits per heavy atom. The van der Waals surface area contributed by atoms with Crippen LogP contribution in [-0.2, 0) is 21.1 Å². The summed E-state index contributed by atoms with van der Waals surface area (Å²) in [5.41, 5.74) is 0.327. The van der Waals surface area contributed by atoms with Crippen LogP contribution in [0.3, 0.4) is 0 Å². The summed E-state index contributed by atoms with van der Waals surface area (Å²) in [7, 11) is -0.361. The van der Waals surface area contributed by atoms with Crippen molar-refractivity contribution in [1.29, 1.82) is 0 Å². The Bertz CT molecular complexity index is 974. The van der Waals surface area contributed by atoms with Crippen molar-refractivity contribution in [1.82, 2.24) is 0 Å². The molecule has 1 saturated heterocycles. The molecule has 4 rings (SSSR count). The molecule has 0 spiro atoms. The molecule has 0 aliphatic carbocycles. The molecule has 1 heterocycles. The fourth-order valence-corrected chi connectivity index (χ4v) is 7.29. The molecular formula is C24H26BO2PS. The number of rotatable bonds is 4. The Balaban J connectivity index is 1.74. The molecule has 0 aromatic heterocycles. The van der Waals surface area contributed by atoms with Gasteiger partial charge in [-0.3, -0.25) is 0 Å². The summed E-state index contributed by atoms with van der Waals surface area (Å²) in [6.07, 6.45) is 0. The predicted octanol–water partition coefficient (Wildman–Crippen LogP) is 3.74. The van der Waals surface area contributed by atoms with Gasteiger partial charge in [-0.05, 0) is 49.1 Å². The van der Waals surface area contributed by atoms with E-state index in [4.69, 9.17) is 21.1 Å². The summed E-state index contributed by atoms with van der Waals surface area (Å²) >= 11 is 6.40. The molecule has 0 bridgehead atoms. The van der Waals surface area contributed by atoms with E-state index in [0.29, 0.717) is 0 Å². The van der Waals surface area contributed by atoms with Crippen LogP contribution in [0.15, 0.2) is 84.9 Å². The van der Waals surface area contributed by atoms with Gasteiger partial charge in [-0.25, -0.2) is 0 Å². The third-order valence-electron chi connectivity index (χ3n) is 6.02. The van der Waals surface area contributed by atoms with E-state index in [1.165, 1.54) is 15.9 Å². The molecule has 1 fully saturated rings. The number of hydrogen-bond donors (Lipinski definition) is 0. The maximum atomic E-state index is 6.40. The Labute approximate surface area is 179 Å². The maximum absolute atomic E-state index is 6.40. The topological polar surface area (TPSA) is 18.5 Å². The molecule has 5 heteroatoms. The average Bonchev–Trinajstić information content (AvgIpc) is 2.96. The Morgan fingerprint density at radius 3 is 1.41 bits per heavy atom. The minimum absolute atomic E-state index is 0.348. The van der Waals surface area contributed by atoms with Gasteiger partial charge in [0.05, 0.1) is 11.2 Å². The molecule has 0 N–H and O–H groups in total. The highest BCUT2D eigenvalue weighted by Gasteiger charge is 2.51. The van der Waals surface area contributed by atoms with Crippen molar-refractivity contribution < 1.29 is 9.31 Å². The molecule has 0 amide bonds. The second-order valence-electron chi connectivity index (χ2n) is 8.46. The van der Waals surface area contributed by atoms with E-state index < -0.39 is 6.04 Å². The van der Waals surface area contributed by atoms with Gasteiger partial charge >= 0.3 is 7.12 Å². The summed E-state index contributed by atoms with van der Waals surface area (Å²) in [6, 6.07) is 27.3. The third kappa shape index (κ3) is 3.64. The van der Waals surface area contributed by atoms with Crippen LogP contribution in [0.5, 0.6) is 0 Å². The van der Waals surface area contributed by atoms with Gasteiger partial charge in [-0.1, -0.05) is 96.7 Å². The first-order valence-corrected chi connectivity index (χ1v) is 12.7. The van der Waals surface area contributed by atoms with E-state index in [2.05, 4.69) is 100 Å². The summed E-state index contributed by atoms with van der Waals surface area (Å²) in [6.45, 7) is 8.30. The minimum atomic E-state index is -2.13. The van der Waals surface area contributed by atoms with E-state index in [-0.39, 0.29) is 18.3 Å². The lowest BCUT2D eigenvalue weighted by Crippen LogP contribution is -2.41. The molecule has 3 aromatic rings. The van der Waals surface area contributed by atoms with E-state index in [1.807, 2.05) is 12.1 Å². The van der Waals surface area contributed by atoms with Crippen LogP contribution in [0.1, 0.15) is 27.7 Å². The fourth-order valence-electron chi connectivity index (χ4n) is 3.54. The lowest BCUT2D eigenvalue weighted by atomic mass is 9.79. The van der Waals surface area contributed by atoms with Crippen LogP contribution >= 0.6 is 6.04 Å². The predicted molar refractivity (Wildman–Crippen MR) is 128 cm³/mol. The summed E-state index contributed by atoms with van der Waals surface area (Å²) in [5.74, 6) is 0. The molecular weight excluding hydrogens is 394 g/mol. The van der Waals surface area contributed by atoms with Gasteiger partial charge in [0.1, 0.15) is 0 Å². The van der Waals surface area contributed by atoms with E-state index >= 15 is 0 Å². The largest absolute Gasteiger partial charge is 0.494 e. The zero-order valence-electron chi connectivity index (χ0n) is 17.3. The lowest BCUT2D eigenvalue weighted by molar-refractivity contribution is 0.00578. The Kier molecular flexibility index (Phi) is 5.33. The van der Waals surface area contributed by atoms with E-state index in [0.717, 1.165) is 5.46 Å². The standard InChI is InChI=1S/C24H26BO2PS/c1-23(2)24(3,4)27-25(26-23)19-15-17-22(18-16-19)28(29,20-11-7-5-8-12-20)21-13-9-6-10-14-21/h5-18H,1-4H3. The Hall–Kier alpha value is -1.71. The smallest absolute Gasteiger partial charge is 0.399 e. The van der Waals surface area contributed by atoms with Crippen LogP contribution in [0, 0.1) is 0 Å². The normalized spacial score (nSPS) is 18.0. The maximum Gasteiger partial charge on any atom is 0.494 e. The fraction of sp³-hybridized carbons (Fsp3) is 0.250. The quantitative estimate of drug-likeness (QED) is 0.473. The zero-order chi connectivity index (χ0) is 20.7. The third-order valence-corrected chi connectivity index (χ3v) is 11.0. The first kappa shape index (κ1) is 20.6. The molecule has 29 heavy (non-hydrogen) atoms. The van der Waals surface area contributed by atoms with Gasteiger partial charge in [0.2, 0.25) is 0 Å². The van der Waals surface area contributed by atoms with Gasteiger partial charge in [-0.15, -0.1) is 0 Å². The van der Waals surface area contributed by atoms with Crippen LogP contribution in [0.4, 0.5) is 0 Å². The molecule has 1 aliphatic rings. The van der Waals surface area contributed by atoms with E-state index in [9.17, 15) is 0 Å². The molecule has 1 aliphatic heterocycles. The van der Waals surface area contributed by atoms with Crippen LogP contribution in [-0.4, -0.2) is 18.3 Å². The second kappa shape index (κ2) is 7.52. The first-order valence-electron chi connectivity index (χ1n) is 9.91. The zero-order valence-corrected chi connectivity index (χ0v) is 19.0. The number of hydrogen-bond acceptors (Lipinski definition) is 3. The van der Waals surface area contributed by atoms with Crippen molar-refractivity contribution in [2.24, 2.45) is 0 Å². The first-order chi connectivity index (χ1) is 13.7. The van der Waals surface area contributed by atoms with Crippen molar-refractivity contribution in [2.75, 3.05) is 0 Å². The molecule has 0 radical (unpaired) electrons. The Morgan fingerprint density at radius 1 is 0.621 bits per heavy atom. The molecule has 0 atom stereocenters. The molecule has 148 valence electrons. The summed E-state index contributed by atoms with van der Waals surface area (Å²) in [5, 5.41) is 3.57. The van der Waals surface area contributed by atoms with Crippen LogP contribution in [0.2, 0.25) is 0 Å². The average molecular weight is 420 g/mol. The lowest BCUT2D eigenvalue weighted by Gasteiger charge is -2.32. The van der Waals surface area contributed by atoms with Crippen molar-refractivity contribution in [3.63, 3.8) is 0 Å². The number of benzene rings is 3. The molecule has 3 aromatic carbocycles. The van der Waals surface area contributed by atoms with Crippen molar-refractivity contribution in [2.45, 2.75) is 38.9 Å².